The fourth-order valence-electron chi connectivity index (χ4n) is 3.02. The number of likely N-dealkylation sites (tertiary alicyclic amines) is 1. The van der Waals surface area contributed by atoms with E-state index in [2.05, 4.69) is 47.4 Å². The van der Waals surface area contributed by atoms with Gasteiger partial charge in [-0.25, -0.2) is 0 Å². The molecule has 0 radical (unpaired) electrons. The lowest BCUT2D eigenvalue weighted by molar-refractivity contribution is -0.128. The zero-order valence-electron chi connectivity index (χ0n) is 15.2. The van der Waals surface area contributed by atoms with Crippen LogP contribution < -0.4 is 5.32 Å². The molecule has 132 valence electrons. The highest BCUT2D eigenvalue weighted by atomic mass is 16.2. The van der Waals surface area contributed by atoms with Crippen molar-refractivity contribution in [2.75, 3.05) is 27.2 Å². The van der Waals surface area contributed by atoms with Gasteiger partial charge in [0.25, 0.3) is 0 Å². The van der Waals surface area contributed by atoms with Gasteiger partial charge >= 0.3 is 0 Å². The molecule has 1 aliphatic rings. The molecule has 0 aromatic heterocycles. The van der Waals surface area contributed by atoms with E-state index in [1.165, 1.54) is 17.5 Å². The van der Waals surface area contributed by atoms with Crippen molar-refractivity contribution in [3.05, 3.63) is 35.4 Å². The number of carbonyl (C=O) groups excluding carboxylic acids is 1. The quantitative estimate of drug-likeness (QED) is 0.617. The Morgan fingerprint density at radius 2 is 2.08 bits per heavy atom. The Hall–Kier alpha value is -2.04. The zero-order valence-corrected chi connectivity index (χ0v) is 15.2. The second-order valence-corrected chi connectivity index (χ2v) is 6.36. The second-order valence-electron chi connectivity index (χ2n) is 6.36. The van der Waals surface area contributed by atoms with Gasteiger partial charge in [-0.2, -0.15) is 0 Å². The number of nitrogens with one attached hydrogen (secondary N) is 1. The van der Waals surface area contributed by atoms with Gasteiger partial charge in [0.2, 0.25) is 5.91 Å². The molecule has 1 aromatic rings. The number of aliphatic imine (C=N–C) groups is 1. The minimum atomic E-state index is 0.271. The van der Waals surface area contributed by atoms with Crippen LogP contribution in [-0.4, -0.2) is 48.9 Å². The van der Waals surface area contributed by atoms with Gasteiger partial charge in [0.05, 0.1) is 0 Å². The molecule has 0 aliphatic carbocycles. The highest BCUT2D eigenvalue weighted by Gasteiger charge is 2.20. The average Bonchev–Trinajstić information content (AvgIpc) is 2.99. The normalized spacial score (nSPS) is 15.0. The second kappa shape index (κ2) is 9.30. The number of hydrogen-bond donors (Lipinski definition) is 1. The predicted molar refractivity (Wildman–Crippen MR) is 98.8 cm³/mol. The molecule has 1 fully saturated rings. The van der Waals surface area contributed by atoms with Gasteiger partial charge in [-0.1, -0.05) is 37.6 Å². The van der Waals surface area contributed by atoms with E-state index in [1.54, 1.807) is 0 Å². The van der Waals surface area contributed by atoms with Gasteiger partial charge in [0.15, 0.2) is 5.96 Å². The molecular weight excluding hydrogens is 300 g/mol. The largest absolute Gasteiger partial charge is 0.352 e. The first kappa shape index (κ1) is 18.3. The van der Waals surface area contributed by atoms with Crippen LogP contribution in [0.5, 0.6) is 0 Å². The topological polar surface area (TPSA) is 47.9 Å². The molecule has 2 rings (SSSR count). The smallest absolute Gasteiger partial charge is 0.222 e. The predicted octanol–water partition coefficient (Wildman–Crippen LogP) is 2.62. The van der Waals surface area contributed by atoms with Gasteiger partial charge in [-0.3, -0.25) is 9.79 Å². The lowest BCUT2D eigenvalue weighted by Crippen LogP contribution is -2.39. The van der Waals surface area contributed by atoms with E-state index in [4.69, 9.17) is 0 Å². The maximum absolute atomic E-state index is 11.9. The van der Waals surface area contributed by atoms with Gasteiger partial charge in [-0.15, -0.1) is 0 Å². The number of amides is 1. The van der Waals surface area contributed by atoms with E-state index < -0.39 is 0 Å². The maximum atomic E-state index is 11.9. The molecule has 1 heterocycles. The Morgan fingerprint density at radius 3 is 2.71 bits per heavy atom. The van der Waals surface area contributed by atoms with Crippen LogP contribution in [0.25, 0.3) is 0 Å². The molecule has 0 spiro atoms. The van der Waals surface area contributed by atoms with Crippen molar-refractivity contribution in [1.82, 2.24) is 15.1 Å². The average molecular weight is 330 g/mol. The SMILES string of the molecule is CCCCN(C)C(=NC)NCc1ccccc1CN1CCCC1=O. The molecule has 1 amide bonds. The summed E-state index contributed by atoms with van der Waals surface area (Å²) in [5.74, 6) is 1.18. The van der Waals surface area contributed by atoms with Crippen molar-refractivity contribution in [3.8, 4) is 0 Å². The highest BCUT2D eigenvalue weighted by Crippen LogP contribution is 2.17. The molecule has 1 aliphatic heterocycles. The molecular formula is C19H30N4O. The summed E-state index contributed by atoms with van der Waals surface area (Å²) < 4.78 is 0. The molecule has 1 aromatic carbocycles. The summed E-state index contributed by atoms with van der Waals surface area (Å²) in [6.45, 7) is 5.50. The Kier molecular flexibility index (Phi) is 7.09. The van der Waals surface area contributed by atoms with Crippen molar-refractivity contribution in [3.63, 3.8) is 0 Å². The van der Waals surface area contributed by atoms with Crippen molar-refractivity contribution in [1.29, 1.82) is 0 Å². The number of nitrogens with zero attached hydrogens (tertiary/aromatic N) is 3. The third-order valence-corrected chi connectivity index (χ3v) is 4.51. The van der Waals surface area contributed by atoms with E-state index in [0.717, 1.165) is 38.4 Å². The summed E-state index contributed by atoms with van der Waals surface area (Å²) >= 11 is 0. The molecule has 1 N–H and O–H groups in total. The molecule has 0 bridgehead atoms. The fourth-order valence-corrected chi connectivity index (χ4v) is 3.02. The fraction of sp³-hybridized carbons (Fsp3) is 0.579. The van der Waals surface area contributed by atoms with Crippen LogP contribution in [0, 0.1) is 0 Å². The Labute approximate surface area is 145 Å². The highest BCUT2D eigenvalue weighted by molar-refractivity contribution is 5.79. The molecule has 0 unspecified atom stereocenters. The number of benzene rings is 1. The van der Waals surface area contributed by atoms with Crippen molar-refractivity contribution in [2.24, 2.45) is 4.99 Å². The molecule has 5 nitrogen and oxygen atoms in total. The summed E-state index contributed by atoms with van der Waals surface area (Å²) in [6, 6.07) is 8.34. The van der Waals surface area contributed by atoms with E-state index >= 15 is 0 Å². The van der Waals surface area contributed by atoms with Crippen LogP contribution >= 0.6 is 0 Å². The minimum Gasteiger partial charge on any atom is -0.352 e. The summed E-state index contributed by atoms with van der Waals surface area (Å²) in [7, 11) is 3.89. The summed E-state index contributed by atoms with van der Waals surface area (Å²) in [4.78, 5) is 20.4. The standard InChI is InChI=1S/C19H30N4O/c1-4-5-12-22(3)19(20-2)21-14-16-9-6-7-10-17(16)15-23-13-8-11-18(23)24/h6-7,9-10H,4-5,8,11-15H2,1-3H3,(H,20,21). The number of unbranched alkanes of at least 4 members (excludes halogenated alkanes) is 1. The molecule has 24 heavy (non-hydrogen) atoms. The minimum absolute atomic E-state index is 0.271. The Bertz CT molecular complexity index is 570. The third-order valence-electron chi connectivity index (χ3n) is 4.51. The van der Waals surface area contributed by atoms with E-state index in [1.807, 2.05) is 18.0 Å². The lowest BCUT2D eigenvalue weighted by atomic mass is 10.1. The van der Waals surface area contributed by atoms with Crippen LogP contribution in [0.3, 0.4) is 0 Å². The first-order valence-corrected chi connectivity index (χ1v) is 8.92. The van der Waals surface area contributed by atoms with Gasteiger partial charge in [0.1, 0.15) is 0 Å². The molecule has 5 heteroatoms. The number of carbonyl (C=O) groups is 1. The van der Waals surface area contributed by atoms with Gasteiger partial charge < -0.3 is 15.1 Å². The van der Waals surface area contributed by atoms with Crippen LogP contribution in [0.2, 0.25) is 0 Å². The number of hydrogen-bond acceptors (Lipinski definition) is 2. The van der Waals surface area contributed by atoms with Crippen molar-refractivity contribution >= 4 is 11.9 Å². The van der Waals surface area contributed by atoms with Crippen LogP contribution in [0.1, 0.15) is 43.7 Å². The van der Waals surface area contributed by atoms with E-state index in [0.29, 0.717) is 13.0 Å². The van der Waals surface area contributed by atoms with Gasteiger partial charge in [-0.05, 0) is 24.0 Å². The Balaban J connectivity index is 1.98. The maximum Gasteiger partial charge on any atom is 0.222 e. The van der Waals surface area contributed by atoms with E-state index in [-0.39, 0.29) is 5.91 Å². The first-order valence-electron chi connectivity index (χ1n) is 8.92. The number of rotatable bonds is 7. The number of guanidine groups is 1. The molecule has 1 saturated heterocycles. The summed E-state index contributed by atoms with van der Waals surface area (Å²) in [5.41, 5.74) is 2.44. The van der Waals surface area contributed by atoms with Crippen LogP contribution in [-0.2, 0) is 17.9 Å². The summed E-state index contributed by atoms with van der Waals surface area (Å²) in [6.07, 6.45) is 4.00. The lowest BCUT2D eigenvalue weighted by Gasteiger charge is -2.23. The van der Waals surface area contributed by atoms with Crippen LogP contribution in [0.4, 0.5) is 0 Å². The monoisotopic (exact) mass is 330 g/mol. The van der Waals surface area contributed by atoms with Crippen molar-refractivity contribution in [2.45, 2.75) is 45.7 Å². The third kappa shape index (κ3) is 4.98. The molecule has 0 saturated carbocycles. The van der Waals surface area contributed by atoms with E-state index in [9.17, 15) is 4.79 Å². The molecule has 0 atom stereocenters. The van der Waals surface area contributed by atoms with Crippen LogP contribution in [0.15, 0.2) is 29.3 Å². The zero-order chi connectivity index (χ0) is 17.4. The summed E-state index contributed by atoms with van der Waals surface area (Å²) in [5, 5.41) is 3.44. The van der Waals surface area contributed by atoms with Gasteiger partial charge in [0, 0.05) is 46.7 Å². The van der Waals surface area contributed by atoms with Crippen molar-refractivity contribution < 1.29 is 4.79 Å². The Morgan fingerprint density at radius 1 is 1.33 bits per heavy atom. The first-order chi connectivity index (χ1) is 11.7.